The third kappa shape index (κ3) is 2.63. The van der Waals surface area contributed by atoms with Gasteiger partial charge in [0.05, 0.1) is 40.5 Å². The number of imidazole rings is 1. The van der Waals surface area contributed by atoms with Crippen molar-refractivity contribution >= 4 is 27.0 Å². The number of aryl methyl sites for hydroxylation is 1. The van der Waals surface area contributed by atoms with E-state index in [-0.39, 0.29) is 29.3 Å². The maximum Gasteiger partial charge on any atom is 0.243 e. The molecular weight excluding hydrogens is 380 g/mol. The average molecular weight is 400 g/mol. The largest absolute Gasteiger partial charge is 0.345 e. The van der Waals surface area contributed by atoms with E-state index in [1.165, 1.54) is 4.31 Å². The number of hydrogen-bond donors (Lipinski definition) is 1. The molecule has 2 fully saturated rings. The van der Waals surface area contributed by atoms with Crippen LogP contribution in [0.4, 0.5) is 0 Å². The first-order valence-electron chi connectivity index (χ1n) is 9.15. The minimum Gasteiger partial charge on any atom is -0.345 e. The van der Waals surface area contributed by atoms with Crippen LogP contribution in [0, 0.1) is 0 Å². The molecule has 0 spiro atoms. The number of rotatable bonds is 4. The Labute approximate surface area is 162 Å². The number of sulfonamides is 1. The Morgan fingerprint density at radius 3 is 2.93 bits per heavy atom. The predicted octanol–water partition coefficient (Wildman–Crippen LogP) is 0.860. The molecule has 2 atom stereocenters. The fraction of sp³-hybridized carbons (Fsp3) is 0.389. The molecule has 10 heteroatoms. The third-order valence-corrected chi connectivity index (χ3v) is 7.59. The van der Waals surface area contributed by atoms with E-state index in [9.17, 15) is 13.2 Å². The minimum absolute atomic E-state index is 0.0113. The van der Waals surface area contributed by atoms with Crippen LogP contribution < -0.4 is 0 Å². The molecular formula is C18H20N6O3S. The van der Waals surface area contributed by atoms with Crippen molar-refractivity contribution in [3.05, 3.63) is 42.5 Å². The van der Waals surface area contributed by atoms with E-state index < -0.39 is 10.0 Å². The number of H-pyrrole nitrogens is 1. The molecule has 0 saturated carbocycles. The maximum absolute atomic E-state index is 13.3. The van der Waals surface area contributed by atoms with Crippen molar-refractivity contribution in [2.75, 3.05) is 6.54 Å². The summed E-state index contributed by atoms with van der Waals surface area (Å²) in [4.78, 5) is 21.7. The highest BCUT2D eigenvalue weighted by molar-refractivity contribution is 7.89. The zero-order chi connectivity index (χ0) is 19.5. The molecule has 0 bridgehead atoms. The number of nitrogens with zero attached hydrogens (tertiary/aromatic N) is 5. The van der Waals surface area contributed by atoms with Gasteiger partial charge in [0.1, 0.15) is 0 Å². The molecule has 0 aliphatic carbocycles. The standard InChI is InChI=1S/C18H20N6O3S/c1-22-9-12(8-21-22)10-23-16-4-5-24(17(16)7-18(23)25)28(26,27)13-2-3-14-15(6-13)20-11-19-14/h2-3,6,8-9,11,16-17H,4-5,7,10H2,1H3,(H,19,20)/t16-,17-/m0/s1. The molecule has 9 nitrogen and oxygen atoms in total. The lowest BCUT2D eigenvalue weighted by Crippen LogP contribution is -2.39. The van der Waals surface area contributed by atoms with Crippen molar-refractivity contribution in [1.82, 2.24) is 29.0 Å². The first-order valence-corrected chi connectivity index (χ1v) is 10.6. The quantitative estimate of drug-likeness (QED) is 0.700. The number of hydrogen-bond acceptors (Lipinski definition) is 5. The van der Waals surface area contributed by atoms with Crippen LogP contribution in [0.15, 0.2) is 41.8 Å². The Hall–Kier alpha value is -2.72. The Morgan fingerprint density at radius 2 is 2.14 bits per heavy atom. The van der Waals surface area contributed by atoms with Gasteiger partial charge in [-0.2, -0.15) is 9.40 Å². The summed E-state index contributed by atoms with van der Waals surface area (Å²) in [6.07, 6.45) is 6.02. The molecule has 2 aromatic heterocycles. The van der Waals surface area contributed by atoms with Crippen LogP contribution in [-0.2, 0) is 28.4 Å². The van der Waals surface area contributed by atoms with E-state index in [1.54, 1.807) is 40.3 Å². The predicted molar refractivity (Wildman–Crippen MR) is 101 cm³/mol. The molecule has 5 rings (SSSR count). The van der Waals surface area contributed by atoms with Gasteiger partial charge >= 0.3 is 0 Å². The summed E-state index contributed by atoms with van der Waals surface area (Å²) in [5, 5.41) is 4.15. The number of aromatic amines is 1. The van der Waals surface area contributed by atoms with Gasteiger partial charge in [-0.15, -0.1) is 0 Å². The van der Waals surface area contributed by atoms with E-state index in [0.717, 1.165) is 11.1 Å². The highest BCUT2D eigenvalue weighted by Gasteiger charge is 2.50. The Balaban J connectivity index is 1.42. The summed E-state index contributed by atoms with van der Waals surface area (Å²) in [5.41, 5.74) is 2.34. The summed E-state index contributed by atoms with van der Waals surface area (Å²) in [5.74, 6) is -0.0113. The van der Waals surface area contributed by atoms with Crippen LogP contribution in [-0.4, -0.2) is 61.9 Å². The lowest BCUT2D eigenvalue weighted by Gasteiger charge is -2.25. The number of carbonyl (C=O) groups is 1. The summed E-state index contributed by atoms with van der Waals surface area (Å²) in [7, 11) is -1.86. The topological polar surface area (TPSA) is 104 Å². The lowest BCUT2D eigenvalue weighted by molar-refractivity contribution is -0.129. The molecule has 2 aliphatic heterocycles. The first-order chi connectivity index (χ1) is 13.4. The molecule has 28 heavy (non-hydrogen) atoms. The minimum atomic E-state index is -3.69. The van der Waals surface area contributed by atoms with Gasteiger partial charge in [0, 0.05) is 38.3 Å². The van der Waals surface area contributed by atoms with E-state index >= 15 is 0 Å². The van der Waals surface area contributed by atoms with Crippen molar-refractivity contribution in [1.29, 1.82) is 0 Å². The molecule has 2 aliphatic rings. The fourth-order valence-corrected chi connectivity index (χ4v) is 6.05. The highest BCUT2D eigenvalue weighted by Crippen LogP contribution is 2.37. The van der Waals surface area contributed by atoms with Gasteiger partial charge in [0.15, 0.2) is 0 Å². The molecule has 3 aromatic rings. The Kier molecular flexibility index (Phi) is 3.81. The van der Waals surface area contributed by atoms with Crippen LogP contribution in [0.3, 0.4) is 0 Å². The number of likely N-dealkylation sites (tertiary alicyclic amines) is 1. The first kappa shape index (κ1) is 17.4. The summed E-state index contributed by atoms with van der Waals surface area (Å²) < 4.78 is 29.7. The van der Waals surface area contributed by atoms with Crippen molar-refractivity contribution < 1.29 is 13.2 Å². The maximum atomic E-state index is 13.3. The number of amides is 1. The molecule has 1 N–H and O–H groups in total. The van der Waals surface area contributed by atoms with Crippen molar-refractivity contribution in [3.8, 4) is 0 Å². The normalized spacial score (nSPS) is 23.0. The molecule has 0 radical (unpaired) electrons. The van der Waals surface area contributed by atoms with E-state index in [1.807, 2.05) is 13.2 Å². The second kappa shape index (κ2) is 6.14. The summed E-state index contributed by atoms with van der Waals surface area (Å²) in [6.45, 7) is 0.872. The van der Waals surface area contributed by atoms with E-state index in [4.69, 9.17) is 0 Å². The van der Waals surface area contributed by atoms with Crippen LogP contribution in [0.2, 0.25) is 0 Å². The van der Waals surface area contributed by atoms with E-state index in [0.29, 0.717) is 25.0 Å². The smallest absolute Gasteiger partial charge is 0.243 e. The molecule has 2 saturated heterocycles. The molecule has 4 heterocycles. The SMILES string of the molecule is Cn1cc(CN2C(=O)C[C@H]3[C@@H]2CCN3S(=O)(=O)c2ccc3nc[nH]c3c2)cn1. The third-order valence-electron chi connectivity index (χ3n) is 5.67. The van der Waals surface area contributed by atoms with Crippen molar-refractivity contribution in [2.45, 2.75) is 36.4 Å². The van der Waals surface area contributed by atoms with Gasteiger partial charge in [-0.05, 0) is 24.6 Å². The Morgan fingerprint density at radius 1 is 1.29 bits per heavy atom. The van der Waals surface area contributed by atoms with Crippen LogP contribution >= 0.6 is 0 Å². The number of nitrogens with one attached hydrogen (secondary N) is 1. The second-order valence-electron chi connectivity index (χ2n) is 7.37. The number of fused-ring (bicyclic) bond motifs is 2. The molecule has 146 valence electrons. The fourth-order valence-electron chi connectivity index (χ4n) is 4.36. The number of aromatic nitrogens is 4. The van der Waals surface area contributed by atoms with Gasteiger partial charge in [-0.1, -0.05) is 0 Å². The van der Waals surface area contributed by atoms with Gasteiger partial charge in [0.2, 0.25) is 15.9 Å². The number of benzene rings is 1. The van der Waals surface area contributed by atoms with Crippen LogP contribution in [0.25, 0.3) is 11.0 Å². The second-order valence-corrected chi connectivity index (χ2v) is 9.26. The zero-order valence-electron chi connectivity index (χ0n) is 15.3. The highest BCUT2D eigenvalue weighted by atomic mass is 32.2. The van der Waals surface area contributed by atoms with Gasteiger partial charge < -0.3 is 9.88 Å². The van der Waals surface area contributed by atoms with Crippen molar-refractivity contribution in [2.24, 2.45) is 7.05 Å². The summed E-state index contributed by atoms with van der Waals surface area (Å²) >= 11 is 0. The monoisotopic (exact) mass is 400 g/mol. The van der Waals surface area contributed by atoms with Gasteiger partial charge in [0.25, 0.3) is 0 Å². The summed E-state index contributed by atoms with van der Waals surface area (Å²) in [6, 6.07) is 4.45. The zero-order valence-corrected chi connectivity index (χ0v) is 16.1. The van der Waals surface area contributed by atoms with Gasteiger partial charge in [-0.3, -0.25) is 9.48 Å². The average Bonchev–Trinajstić information content (AvgIpc) is 3.41. The lowest BCUT2D eigenvalue weighted by atomic mass is 10.1. The molecule has 0 unspecified atom stereocenters. The molecule has 1 amide bonds. The van der Waals surface area contributed by atoms with Crippen LogP contribution in [0.5, 0.6) is 0 Å². The van der Waals surface area contributed by atoms with Crippen molar-refractivity contribution in [3.63, 3.8) is 0 Å². The Bertz CT molecular complexity index is 1170. The van der Waals surface area contributed by atoms with E-state index in [2.05, 4.69) is 15.1 Å². The van der Waals surface area contributed by atoms with Crippen LogP contribution in [0.1, 0.15) is 18.4 Å². The molecule has 1 aromatic carbocycles. The number of carbonyl (C=O) groups excluding carboxylic acids is 1. The van der Waals surface area contributed by atoms with Gasteiger partial charge in [-0.25, -0.2) is 13.4 Å².